The lowest BCUT2D eigenvalue weighted by Gasteiger charge is -2.42. The Labute approximate surface area is 185 Å². The van der Waals surface area contributed by atoms with Crippen LogP contribution in [0.5, 0.6) is 0 Å². The fourth-order valence-corrected chi connectivity index (χ4v) is 4.14. The Bertz CT molecular complexity index is 853. The van der Waals surface area contributed by atoms with Gasteiger partial charge in [-0.15, -0.1) is 0 Å². The lowest BCUT2D eigenvalue weighted by Crippen LogP contribution is -2.62. The highest BCUT2D eigenvalue weighted by molar-refractivity contribution is 5.97. The molecule has 1 aliphatic carbocycles. The zero-order chi connectivity index (χ0) is 23.1. The average Bonchev–Trinajstić information content (AvgIpc) is 2.77. The number of rotatable bonds is 8. The molecule has 11 nitrogen and oxygen atoms in total. The number of benzene rings is 1. The number of hydroxylamine groups is 1. The fourth-order valence-electron chi connectivity index (χ4n) is 4.14. The maximum absolute atomic E-state index is 13.1. The number of nitrogens with two attached hydrogens (primary N) is 1. The van der Waals surface area contributed by atoms with E-state index in [4.69, 9.17) is 20.9 Å². The molecule has 2 fully saturated rings. The average molecular weight is 447 g/mol. The van der Waals surface area contributed by atoms with Crippen molar-refractivity contribution in [3.63, 3.8) is 0 Å². The first-order valence-electron chi connectivity index (χ1n) is 10.7. The van der Waals surface area contributed by atoms with Gasteiger partial charge in [0.2, 0.25) is 5.91 Å². The van der Waals surface area contributed by atoms with E-state index in [9.17, 15) is 14.4 Å². The van der Waals surface area contributed by atoms with Crippen molar-refractivity contribution in [3.05, 3.63) is 35.4 Å². The van der Waals surface area contributed by atoms with Gasteiger partial charge in [0.1, 0.15) is 6.04 Å². The summed E-state index contributed by atoms with van der Waals surface area (Å²) in [6.45, 7) is 0.683. The first kappa shape index (κ1) is 23.3. The Morgan fingerprint density at radius 1 is 1.16 bits per heavy atom. The molecule has 1 saturated heterocycles. The van der Waals surface area contributed by atoms with Crippen LogP contribution in [0.3, 0.4) is 0 Å². The van der Waals surface area contributed by atoms with Crippen molar-refractivity contribution in [2.45, 2.75) is 57.2 Å². The number of oxime groups is 1. The molecule has 11 heteroatoms. The molecular formula is C21H29N5O6. The Morgan fingerprint density at radius 3 is 2.41 bits per heavy atom. The molecule has 0 bridgehead atoms. The van der Waals surface area contributed by atoms with E-state index in [1.807, 2.05) is 5.48 Å². The number of nitrogens with one attached hydrogen (secondary N) is 2. The number of amidine groups is 1. The highest BCUT2D eigenvalue weighted by atomic mass is 16.7. The van der Waals surface area contributed by atoms with Crippen molar-refractivity contribution in [1.29, 1.82) is 0 Å². The van der Waals surface area contributed by atoms with Crippen molar-refractivity contribution in [2.75, 3.05) is 6.54 Å². The van der Waals surface area contributed by atoms with Gasteiger partial charge in [-0.3, -0.25) is 14.4 Å². The van der Waals surface area contributed by atoms with Gasteiger partial charge in [0.05, 0.1) is 0 Å². The molecule has 2 unspecified atom stereocenters. The minimum absolute atomic E-state index is 0.00339. The van der Waals surface area contributed by atoms with E-state index >= 15 is 0 Å². The molecule has 32 heavy (non-hydrogen) atoms. The summed E-state index contributed by atoms with van der Waals surface area (Å²) in [4.78, 5) is 43.4. The maximum Gasteiger partial charge on any atom is 0.428 e. The number of nitrogens with zero attached hydrogens (tertiary/aromatic N) is 2. The smallest absolute Gasteiger partial charge is 0.428 e. The fraction of sp³-hybridized carbons (Fsp3) is 0.524. The van der Waals surface area contributed by atoms with Gasteiger partial charge in [0.15, 0.2) is 11.9 Å². The second-order valence-corrected chi connectivity index (χ2v) is 8.08. The lowest BCUT2D eigenvalue weighted by molar-refractivity contribution is -0.165. The van der Waals surface area contributed by atoms with Crippen LogP contribution in [0, 0.1) is 5.92 Å². The topological polar surface area (TPSA) is 167 Å². The summed E-state index contributed by atoms with van der Waals surface area (Å²) in [5, 5.41) is 23.4. The number of carbonyl (C=O) groups excluding carboxylic acids is 2. The van der Waals surface area contributed by atoms with Gasteiger partial charge in [-0.1, -0.05) is 48.7 Å². The molecule has 0 aromatic heterocycles. The van der Waals surface area contributed by atoms with Crippen LogP contribution in [0.15, 0.2) is 29.4 Å². The molecule has 1 saturated carbocycles. The number of carboxylic acid groups (broad SMARTS) is 1. The van der Waals surface area contributed by atoms with Crippen molar-refractivity contribution in [2.24, 2.45) is 16.8 Å². The van der Waals surface area contributed by atoms with Gasteiger partial charge in [-0.25, -0.2) is 4.79 Å². The third kappa shape index (κ3) is 5.67. The lowest BCUT2D eigenvalue weighted by atomic mass is 9.84. The van der Waals surface area contributed by atoms with E-state index in [2.05, 4.69) is 10.5 Å². The van der Waals surface area contributed by atoms with E-state index in [1.165, 1.54) is 4.90 Å². The van der Waals surface area contributed by atoms with Crippen LogP contribution < -0.4 is 16.5 Å². The minimum Gasteiger partial charge on any atom is -0.464 e. The Kier molecular flexibility index (Phi) is 7.87. The van der Waals surface area contributed by atoms with Gasteiger partial charge in [0.25, 0.3) is 5.91 Å². The standard InChI is InChI=1S/C21H29N5O6/c22-18(24-31)15-8-6-13(7-9-15)12-23-19(27)16-10-11-26(16)20(28)17(32-25-21(29)30)14-4-2-1-3-5-14/h6-9,14,16-17,25,31H,1-5,10-12H2,(H2,22,24)(H,23,27)(H,29,30). The van der Waals surface area contributed by atoms with Gasteiger partial charge in [-0.2, -0.15) is 5.48 Å². The van der Waals surface area contributed by atoms with Crippen LogP contribution >= 0.6 is 0 Å². The molecule has 0 spiro atoms. The quantitative estimate of drug-likeness (QED) is 0.172. The number of likely N-dealkylation sites (tertiary alicyclic amines) is 1. The predicted octanol–water partition coefficient (Wildman–Crippen LogP) is 1.15. The van der Waals surface area contributed by atoms with E-state index in [-0.39, 0.29) is 30.1 Å². The molecule has 1 aromatic rings. The minimum atomic E-state index is -1.37. The molecule has 1 aromatic carbocycles. The third-order valence-corrected chi connectivity index (χ3v) is 6.02. The molecule has 6 N–H and O–H groups in total. The Hall–Kier alpha value is -3.34. The van der Waals surface area contributed by atoms with Crippen molar-refractivity contribution < 1.29 is 29.5 Å². The van der Waals surface area contributed by atoms with Crippen LogP contribution in [0.1, 0.15) is 49.7 Å². The van der Waals surface area contributed by atoms with Crippen LogP contribution in [-0.4, -0.2) is 57.6 Å². The van der Waals surface area contributed by atoms with E-state index in [0.29, 0.717) is 18.5 Å². The molecule has 2 aliphatic rings. The third-order valence-electron chi connectivity index (χ3n) is 6.02. The second kappa shape index (κ2) is 10.8. The van der Waals surface area contributed by atoms with Crippen molar-refractivity contribution in [3.8, 4) is 0 Å². The maximum atomic E-state index is 13.1. The summed E-state index contributed by atoms with van der Waals surface area (Å²) in [7, 11) is 0. The molecular weight excluding hydrogens is 418 g/mol. The molecule has 2 atom stereocenters. The largest absolute Gasteiger partial charge is 0.464 e. The van der Waals surface area contributed by atoms with Crippen molar-refractivity contribution >= 4 is 23.7 Å². The first-order valence-corrected chi connectivity index (χ1v) is 10.7. The molecule has 1 heterocycles. The zero-order valence-corrected chi connectivity index (χ0v) is 17.7. The Balaban J connectivity index is 1.58. The summed E-state index contributed by atoms with van der Waals surface area (Å²) in [5.41, 5.74) is 8.78. The number of hydrogen-bond acceptors (Lipinski definition) is 6. The van der Waals surface area contributed by atoms with Gasteiger partial charge >= 0.3 is 6.09 Å². The zero-order valence-electron chi connectivity index (χ0n) is 17.7. The summed E-state index contributed by atoms with van der Waals surface area (Å²) in [6.07, 6.45) is 2.80. The van der Waals surface area contributed by atoms with Crippen molar-refractivity contribution in [1.82, 2.24) is 15.7 Å². The molecule has 1 aliphatic heterocycles. The van der Waals surface area contributed by atoms with E-state index < -0.39 is 18.2 Å². The van der Waals surface area contributed by atoms with E-state index in [1.54, 1.807) is 24.3 Å². The van der Waals surface area contributed by atoms with Gasteiger partial charge < -0.3 is 26.3 Å². The molecule has 3 amide bonds. The second-order valence-electron chi connectivity index (χ2n) is 8.08. The van der Waals surface area contributed by atoms with Gasteiger partial charge in [0, 0.05) is 18.7 Å². The monoisotopic (exact) mass is 447 g/mol. The van der Waals surface area contributed by atoms with Crippen LogP contribution in [-0.2, 0) is 21.0 Å². The first-order chi connectivity index (χ1) is 15.4. The van der Waals surface area contributed by atoms with Crippen LogP contribution in [0.2, 0.25) is 0 Å². The normalized spacial score (nSPS) is 20.2. The van der Waals surface area contributed by atoms with Crippen LogP contribution in [0.4, 0.5) is 4.79 Å². The SMILES string of the molecule is N/C(=N\O)c1ccc(CNC(=O)C2CCN2C(=O)C(ONC(=O)O)C2CCCCC2)cc1. The predicted molar refractivity (Wildman–Crippen MR) is 114 cm³/mol. The summed E-state index contributed by atoms with van der Waals surface area (Å²) in [6, 6.07) is 6.25. The summed E-state index contributed by atoms with van der Waals surface area (Å²) in [5.74, 6) is -0.726. The Morgan fingerprint density at radius 2 is 1.84 bits per heavy atom. The summed E-state index contributed by atoms with van der Waals surface area (Å²) >= 11 is 0. The number of carbonyl (C=O) groups is 3. The molecule has 0 radical (unpaired) electrons. The number of hydrogen-bond donors (Lipinski definition) is 5. The summed E-state index contributed by atoms with van der Waals surface area (Å²) < 4.78 is 0. The van der Waals surface area contributed by atoms with Crippen LogP contribution in [0.25, 0.3) is 0 Å². The van der Waals surface area contributed by atoms with Gasteiger partial charge in [-0.05, 0) is 30.7 Å². The highest BCUT2D eigenvalue weighted by Crippen LogP contribution is 2.30. The number of amides is 3. The molecule has 174 valence electrons. The molecule has 3 rings (SSSR count). The highest BCUT2D eigenvalue weighted by Gasteiger charge is 2.43. The van der Waals surface area contributed by atoms with E-state index in [0.717, 1.165) is 37.7 Å².